The van der Waals surface area contributed by atoms with E-state index in [2.05, 4.69) is 142 Å². The molecule has 0 aliphatic carbocycles. The zero-order chi connectivity index (χ0) is 12.8. The first-order valence-electron chi connectivity index (χ1n) is 2.95. The lowest BCUT2D eigenvalue weighted by Gasteiger charge is -2.18. The molecule has 1 aliphatic heterocycles. The van der Waals surface area contributed by atoms with Crippen molar-refractivity contribution in [3.63, 3.8) is 0 Å². The lowest BCUT2D eigenvalue weighted by atomic mass is 13.8. The molecule has 0 aromatic rings. The van der Waals surface area contributed by atoms with Crippen molar-refractivity contribution in [1.29, 1.82) is 0 Å². The first kappa shape index (κ1) is 18.8. The molecule has 1 rings (SSSR count). The molecule has 1 aliphatic rings. The van der Waals surface area contributed by atoms with Gasteiger partial charge < -0.3 is 0 Å². The van der Waals surface area contributed by atoms with Crippen LogP contribution in [0.4, 0.5) is 0 Å². The van der Waals surface area contributed by atoms with Gasteiger partial charge in [-0.1, -0.05) is 0 Å². The van der Waals surface area contributed by atoms with Crippen LogP contribution in [-0.4, -0.2) is 0 Å². The second-order valence-corrected chi connectivity index (χ2v) is 43.8. The number of hydrogen-bond donors (Lipinski definition) is 0. The van der Waals surface area contributed by atoms with Crippen LogP contribution in [0.3, 0.4) is 0 Å². The van der Waals surface area contributed by atoms with E-state index < -0.39 is 18.4 Å². The summed E-state index contributed by atoms with van der Waals surface area (Å²) in [5.74, 6) is 0. The Morgan fingerprint density at radius 3 is 0.625 bits per heavy atom. The van der Waals surface area contributed by atoms with Crippen LogP contribution in [0.1, 0.15) is 0 Å². The molecule has 0 bridgehead atoms. The fraction of sp³-hybridized carbons (Fsp3) is 0. The molecule has 0 radical (unpaired) electrons. The van der Waals surface area contributed by atoms with E-state index in [-0.39, 0.29) is 0 Å². The average molecular weight is 819 g/mol. The summed E-state index contributed by atoms with van der Waals surface area (Å²) >= 11 is 27.7. The van der Waals surface area contributed by atoms with Crippen LogP contribution in [-0.2, 0) is 0 Å². The molecular formula is Br8N4P4. The smallest absolute Gasteiger partial charge is 0.200 e. The van der Waals surface area contributed by atoms with Crippen LogP contribution in [0.2, 0.25) is 0 Å². The lowest BCUT2D eigenvalue weighted by molar-refractivity contribution is 1.83. The van der Waals surface area contributed by atoms with E-state index in [1.165, 1.54) is 0 Å². The Bertz CT molecular complexity index is 386. The summed E-state index contributed by atoms with van der Waals surface area (Å²) in [6, 6.07) is 0. The molecule has 4 nitrogen and oxygen atoms in total. The Morgan fingerprint density at radius 2 is 0.500 bits per heavy atom. The van der Waals surface area contributed by atoms with Crippen LogP contribution in [0.25, 0.3) is 0 Å². The van der Waals surface area contributed by atoms with E-state index in [1.807, 2.05) is 0 Å². The van der Waals surface area contributed by atoms with Gasteiger partial charge in [-0.25, -0.2) is 18.1 Å². The number of nitrogens with zero attached hydrogens (tertiary/aromatic N) is 4. The molecule has 0 atom stereocenters. The lowest BCUT2D eigenvalue weighted by Crippen LogP contribution is -1.59. The Balaban J connectivity index is 3.67. The van der Waals surface area contributed by atoms with E-state index in [0.29, 0.717) is 0 Å². The Labute approximate surface area is 157 Å². The Morgan fingerprint density at radius 1 is 0.375 bits per heavy atom. The molecule has 0 spiro atoms. The van der Waals surface area contributed by atoms with Gasteiger partial charge in [0.2, 0.25) is 18.4 Å². The van der Waals surface area contributed by atoms with Crippen LogP contribution < -0.4 is 0 Å². The average Bonchev–Trinajstić information content (AvgIpc) is 1.67. The third-order valence-corrected chi connectivity index (χ3v) is 28.2. The molecule has 16 heavy (non-hydrogen) atoms. The van der Waals surface area contributed by atoms with Crippen molar-refractivity contribution >= 4 is 142 Å². The normalized spacial score (nSPS) is 29.5. The number of halogens is 8. The van der Waals surface area contributed by atoms with Gasteiger partial charge in [-0.3, -0.25) is 0 Å². The van der Waals surface area contributed by atoms with Crippen LogP contribution in [0, 0.1) is 0 Å². The molecule has 0 unspecified atom stereocenters. The van der Waals surface area contributed by atoms with Gasteiger partial charge in [0.05, 0.1) is 0 Å². The summed E-state index contributed by atoms with van der Waals surface area (Å²) in [5, 5.41) is 0. The van der Waals surface area contributed by atoms with Crippen molar-refractivity contribution in [2.75, 3.05) is 0 Å². The van der Waals surface area contributed by atoms with Gasteiger partial charge in [-0.2, -0.15) is 0 Å². The summed E-state index contributed by atoms with van der Waals surface area (Å²) in [7, 11) is 0. The highest BCUT2D eigenvalue weighted by Crippen LogP contribution is 2.92. The molecule has 0 N–H and O–H groups in total. The maximum absolute atomic E-state index is 4.52. The van der Waals surface area contributed by atoms with Crippen LogP contribution in [0.5, 0.6) is 0 Å². The van der Waals surface area contributed by atoms with Crippen LogP contribution >= 0.6 is 142 Å². The minimum atomic E-state index is -2.13. The SMILES string of the molecule is BrP1(Br)=NP(Br)(Br)=NP(Br)(Br)=NP(Br)(Br)=N1. The topological polar surface area (TPSA) is 49.4 Å². The summed E-state index contributed by atoms with van der Waals surface area (Å²) in [6.07, 6.45) is 0. The minimum Gasteiger partial charge on any atom is -0.200 e. The van der Waals surface area contributed by atoms with Gasteiger partial charge in [0.15, 0.2) is 0 Å². The fourth-order valence-electron chi connectivity index (χ4n) is 0.589. The van der Waals surface area contributed by atoms with Crippen molar-refractivity contribution in [2.45, 2.75) is 0 Å². The van der Waals surface area contributed by atoms with E-state index in [4.69, 9.17) is 0 Å². The summed E-state index contributed by atoms with van der Waals surface area (Å²) in [6.45, 7) is 0. The van der Waals surface area contributed by atoms with Crippen LogP contribution in [0.15, 0.2) is 18.1 Å². The molecule has 1 heterocycles. The minimum absolute atomic E-state index is 2.13. The Kier molecular flexibility index (Phi) is 7.62. The third-order valence-electron chi connectivity index (χ3n) is 0.861. The molecule has 16 heteroatoms. The molecule has 0 aromatic carbocycles. The second kappa shape index (κ2) is 6.48. The first-order valence-corrected chi connectivity index (χ1v) is 25.9. The monoisotopic (exact) mass is 811 g/mol. The molecule has 0 amide bonds. The molecule has 0 aromatic heterocycles. The highest BCUT2D eigenvalue weighted by atomic mass is 80.0. The maximum atomic E-state index is 4.52. The van der Waals surface area contributed by atoms with Gasteiger partial charge in [-0.15, -0.1) is 0 Å². The van der Waals surface area contributed by atoms with Crippen molar-refractivity contribution in [1.82, 2.24) is 0 Å². The quantitative estimate of drug-likeness (QED) is 0.219. The highest BCUT2D eigenvalue weighted by molar-refractivity contribution is 9.76. The number of rotatable bonds is 0. The summed E-state index contributed by atoms with van der Waals surface area (Å²) < 4.78 is 9.56. The van der Waals surface area contributed by atoms with E-state index >= 15 is 0 Å². The molecule has 0 saturated heterocycles. The maximum Gasteiger partial charge on any atom is 0.207 e. The Hall–Kier alpha value is 4.76. The van der Waals surface area contributed by atoms with E-state index in [1.54, 1.807) is 0 Å². The van der Waals surface area contributed by atoms with Gasteiger partial charge in [-0.05, 0) is 124 Å². The van der Waals surface area contributed by atoms with Crippen molar-refractivity contribution in [3.05, 3.63) is 0 Å². The van der Waals surface area contributed by atoms with Crippen molar-refractivity contribution < 1.29 is 0 Å². The molecule has 96 valence electrons. The molecule has 0 saturated carbocycles. The van der Waals surface area contributed by atoms with E-state index in [9.17, 15) is 0 Å². The van der Waals surface area contributed by atoms with Gasteiger partial charge >= 0.3 is 0 Å². The van der Waals surface area contributed by atoms with Gasteiger partial charge in [0.25, 0.3) is 0 Å². The predicted molar refractivity (Wildman–Crippen MR) is 109 cm³/mol. The fourth-order valence-corrected chi connectivity index (χ4v) is 63.6. The summed E-state index contributed by atoms with van der Waals surface area (Å²) in [4.78, 5) is 0. The summed E-state index contributed by atoms with van der Waals surface area (Å²) in [5.41, 5.74) is 0. The zero-order valence-electron chi connectivity index (χ0n) is 6.60. The first-order chi connectivity index (χ1) is 6.83. The molecule has 0 fully saturated rings. The third kappa shape index (κ3) is 7.15. The van der Waals surface area contributed by atoms with Gasteiger partial charge in [0, 0.05) is 0 Å². The zero-order valence-corrected chi connectivity index (χ0v) is 22.9. The number of hydrogen-bond acceptors (Lipinski definition) is 4. The molecular weight excluding hydrogens is 819 g/mol. The predicted octanol–water partition coefficient (Wildman–Crippen LogP) is 10.9. The van der Waals surface area contributed by atoms with E-state index in [0.717, 1.165) is 0 Å². The van der Waals surface area contributed by atoms with Gasteiger partial charge in [0.1, 0.15) is 0 Å². The second-order valence-electron chi connectivity index (χ2n) is 2.18. The largest absolute Gasteiger partial charge is 0.207 e. The van der Waals surface area contributed by atoms with Crippen molar-refractivity contribution in [2.24, 2.45) is 18.1 Å². The van der Waals surface area contributed by atoms with Crippen molar-refractivity contribution in [3.8, 4) is 0 Å². The standard InChI is InChI=1S/Br8N4P4/c1-13(2)9-14(3,4)11-16(7,8)12-15(5,6)10-13. The highest BCUT2D eigenvalue weighted by Gasteiger charge is 2.28.